The zero-order valence-electron chi connectivity index (χ0n) is 10.1. The van der Waals surface area contributed by atoms with E-state index >= 15 is 0 Å². The predicted octanol–water partition coefficient (Wildman–Crippen LogP) is 0.608. The third kappa shape index (κ3) is 2.13. The van der Waals surface area contributed by atoms with Gasteiger partial charge in [-0.1, -0.05) is 6.07 Å². The number of fused-ring (bicyclic) bond motifs is 1. The van der Waals surface area contributed by atoms with Crippen LogP contribution in [0.15, 0.2) is 18.2 Å². The van der Waals surface area contributed by atoms with E-state index in [4.69, 9.17) is 9.47 Å². The molecule has 1 unspecified atom stereocenters. The average Bonchev–Trinajstić information content (AvgIpc) is 2.63. The van der Waals surface area contributed by atoms with Gasteiger partial charge in [0, 0.05) is 19.5 Å². The van der Waals surface area contributed by atoms with Crippen LogP contribution in [0, 0.1) is 0 Å². The molecule has 2 aliphatic heterocycles. The van der Waals surface area contributed by atoms with E-state index in [1.807, 2.05) is 18.2 Å². The number of rotatable bonds is 1. The lowest BCUT2D eigenvalue weighted by atomic mass is 10.0. The third-order valence-electron chi connectivity index (χ3n) is 3.14. The van der Waals surface area contributed by atoms with E-state index < -0.39 is 0 Å². The number of ether oxygens (including phenoxy) is 2. The summed E-state index contributed by atoms with van der Waals surface area (Å²) in [6, 6.07) is 5.38. The summed E-state index contributed by atoms with van der Waals surface area (Å²) in [6.45, 7) is 2.79. The smallest absolute Gasteiger partial charge is 0.241 e. The fourth-order valence-corrected chi connectivity index (χ4v) is 2.23. The molecular formula is C13H16N2O3. The van der Waals surface area contributed by atoms with Crippen molar-refractivity contribution in [3.05, 3.63) is 23.8 Å². The molecule has 1 saturated heterocycles. The van der Waals surface area contributed by atoms with Gasteiger partial charge in [-0.05, 0) is 17.7 Å². The van der Waals surface area contributed by atoms with E-state index in [0.29, 0.717) is 19.8 Å². The molecule has 5 heteroatoms. The Kier molecular flexibility index (Phi) is 3.06. The topological polar surface area (TPSA) is 59.6 Å². The fraction of sp³-hybridized carbons (Fsp3) is 0.462. The summed E-state index contributed by atoms with van der Waals surface area (Å²) >= 11 is 0. The number of hydrogen-bond acceptors (Lipinski definition) is 4. The summed E-state index contributed by atoms with van der Waals surface area (Å²) in [6.07, 6.45) is 0.881. The first kappa shape index (κ1) is 11.3. The maximum Gasteiger partial charge on any atom is 0.241 e. The summed E-state index contributed by atoms with van der Waals surface area (Å²) in [4.78, 5) is 11.8. The number of piperazine rings is 1. The van der Waals surface area contributed by atoms with Crippen LogP contribution in [-0.2, 0) is 4.79 Å². The van der Waals surface area contributed by atoms with Gasteiger partial charge >= 0.3 is 0 Å². The number of hydrogen-bond donors (Lipinski definition) is 2. The Morgan fingerprint density at radius 2 is 1.94 bits per heavy atom. The largest absolute Gasteiger partial charge is 0.490 e. The van der Waals surface area contributed by atoms with Gasteiger partial charge in [0.2, 0.25) is 5.91 Å². The van der Waals surface area contributed by atoms with Crippen LogP contribution >= 0.6 is 0 Å². The Labute approximate surface area is 105 Å². The minimum atomic E-state index is -0.295. The molecule has 2 N–H and O–H groups in total. The second-order valence-electron chi connectivity index (χ2n) is 4.43. The molecule has 1 atom stereocenters. The molecule has 96 valence electrons. The van der Waals surface area contributed by atoms with Crippen molar-refractivity contribution in [3.63, 3.8) is 0 Å². The molecule has 1 fully saturated rings. The molecule has 0 aromatic heterocycles. The standard InChI is InChI=1S/C13H16N2O3/c16-13-12(14-4-5-15-13)9-2-3-10-11(8-9)18-7-1-6-17-10/h2-3,8,12,14H,1,4-7H2,(H,15,16). The van der Waals surface area contributed by atoms with E-state index in [-0.39, 0.29) is 11.9 Å². The lowest BCUT2D eigenvalue weighted by Crippen LogP contribution is -2.47. The van der Waals surface area contributed by atoms with Crippen molar-refractivity contribution in [2.75, 3.05) is 26.3 Å². The molecular weight excluding hydrogens is 232 g/mol. The molecule has 1 aromatic rings. The molecule has 5 nitrogen and oxygen atoms in total. The average molecular weight is 248 g/mol. The second kappa shape index (κ2) is 4.86. The first-order valence-corrected chi connectivity index (χ1v) is 6.25. The molecule has 0 spiro atoms. The molecule has 2 aliphatic rings. The number of benzene rings is 1. The predicted molar refractivity (Wildman–Crippen MR) is 65.8 cm³/mol. The van der Waals surface area contributed by atoms with Gasteiger partial charge in [-0.2, -0.15) is 0 Å². The molecule has 1 aromatic carbocycles. The Bertz CT molecular complexity index is 462. The molecule has 3 rings (SSSR count). The Morgan fingerprint density at radius 3 is 2.78 bits per heavy atom. The van der Waals surface area contributed by atoms with Crippen LogP contribution in [0.1, 0.15) is 18.0 Å². The van der Waals surface area contributed by atoms with Crippen LogP contribution in [0.2, 0.25) is 0 Å². The van der Waals surface area contributed by atoms with Crippen LogP contribution in [-0.4, -0.2) is 32.2 Å². The number of amides is 1. The van der Waals surface area contributed by atoms with Gasteiger partial charge < -0.3 is 20.1 Å². The van der Waals surface area contributed by atoms with Gasteiger partial charge in [0.05, 0.1) is 13.2 Å². The van der Waals surface area contributed by atoms with E-state index in [2.05, 4.69) is 10.6 Å². The Morgan fingerprint density at radius 1 is 1.11 bits per heavy atom. The zero-order chi connectivity index (χ0) is 12.4. The summed E-state index contributed by atoms with van der Waals surface area (Å²) in [7, 11) is 0. The van der Waals surface area contributed by atoms with Gasteiger partial charge in [-0.3, -0.25) is 4.79 Å². The molecule has 0 aliphatic carbocycles. The van der Waals surface area contributed by atoms with Crippen LogP contribution in [0.4, 0.5) is 0 Å². The maximum atomic E-state index is 11.8. The summed E-state index contributed by atoms with van der Waals surface area (Å²) < 4.78 is 11.2. The molecule has 0 bridgehead atoms. The van der Waals surface area contributed by atoms with Crippen LogP contribution in [0.3, 0.4) is 0 Å². The van der Waals surface area contributed by atoms with Crippen molar-refractivity contribution in [1.82, 2.24) is 10.6 Å². The zero-order valence-corrected chi connectivity index (χ0v) is 10.1. The van der Waals surface area contributed by atoms with Crippen molar-refractivity contribution >= 4 is 5.91 Å². The van der Waals surface area contributed by atoms with Gasteiger partial charge in [0.25, 0.3) is 0 Å². The van der Waals surface area contributed by atoms with Crippen molar-refractivity contribution in [2.45, 2.75) is 12.5 Å². The molecule has 18 heavy (non-hydrogen) atoms. The van der Waals surface area contributed by atoms with Crippen LogP contribution in [0.25, 0.3) is 0 Å². The molecule has 1 amide bonds. The van der Waals surface area contributed by atoms with E-state index in [9.17, 15) is 4.79 Å². The highest BCUT2D eigenvalue weighted by Gasteiger charge is 2.24. The fourth-order valence-electron chi connectivity index (χ4n) is 2.23. The van der Waals surface area contributed by atoms with Crippen LogP contribution < -0.4 is 20.1 Å². The Balaban J connectivity index is 1.88. The van der Waals surface area contributed by atoms with Crippen molar-refractivity contribution in [1.29, 1.82) is 0 Å². The first-order chi connectivity index (χ1) is 8.84. The molecule has 2 heterocycles. The minimum Gasteiger partial charge on any atom is -0.490 e. The maximum absolute atomic E-state index is 11.8. The highest BCUT2D eigenvalue weighted by atomic mass is 16.5. The number of carbonyl (C=O) groups excluding carboxylic acids is 1. The first-order valence-electron chi connectivity index (χ1n) is 6.25. The third-order valence-corrected chi connectivity index (χ3v) is 3.14. The highest BCUT2D eigenvalue weighted by Crippen LogP contribution is 2.32. The number of nitrogens with one attached hydrogen (secondary N) is 2. The van der Waals surface area contributed by atoms with Crippen molar-refractivity contribution in [2.24, 2.45) is 0 Å². The van der Waals surface area contributed by atoms with E-state index in [0.717, 1.165) is 30.0 Å². The lowest BCUT2D eigenvalue weighted by Gasteiger charge is -2.24. The lowest BCUT2D eigenvalue weighted by molar-refractivity contribution is -0.124. The van der Waals surface area contributed by atoms with Gasteiger partial charge in [0.15, 0.2) is 11.5 Å². The van der Waals surface area contributed by atoms with Gasteiger partial charge in [0.1, 0.15) is 6.04 Å². The molecule has 0 radical (unpaired) electrons. The van der Waals surface area contributed by atoms with Crippen molar-refractivity contribution < 1.29 is 14.3 Å². The van der Waals surface area contributed by atoms with Crippen LogP contribution in [0.5, 0.6) is 11.5 Å². The quantitative estimate of drug-likeness (QED) is 0.764. The van der Waals surface area contributed by atoms with E-state index in [1.54, 1.807) is 0 Å². The highest BCUT2D eigenvalue weighted by molar-refractivity contribution is 5.84. The number of carbonyl (C=O) groups is 1. The summed E-state index contributed by atoms with van der Waals surface area (Å²) in [5, 5.41) is 6.05. The van der Waals surface area contributed by atoms with Crippen molar-refractivity contribution in [3.8, 4) is 11.5 Å². The van der Waals surface area contributed by atoms with Gasteiger partial charge in [-0.15, -0.1) is 0 Å². The monoisotopic (exact) mass is 248 g/mol. The summed E-state index contributed by atoms with van der Waals surface area (Å²) in [5.74, 6) is 1.49. The molecule has 0 saturated carbocycles. The Hall–Kier alpha value is -1.75. The summed E-state index contributed by atoms with van der Waals surface area (Å²) in [5.41, 5.74) is 0.913. The minimum absolute atomic E-state index is 0.00994. The SMILES string of the molecule is O=C1NCCNC1c1ccc2c(c1)OCCCO2. The van der Waals surface area contributed by atoms with Gasteiger partial charge in [-0.25, -0.2) is 0 Å². The normalized spacial score (nSPS) is 23.1. The second-order valence-corrected chi connectivity index (χ2v) is 4.43. The van der Waals surface area contributed by atoms with E-state index in [1.165, 1.54) is 0 Å².